The van der Waals surface area contributed by atoms with E-state index in [0.717, 1.165) is 56.5 Å². The van der Waals surface area contributed by atoms with Crippen molar-refractivity contribution >= 4 is 110 Å². The van der Waals surface area contributed by atoms with Crippen molar-refractivity contribution in [3.63, 3.8) is 0 Å². The number of unbranched alkanes of at least 4 members (excludes halogenated alkanes) is 4. The molecule has 4 aliphatic rings. The topological polar surface area (TPSA) is 32.8 Å². The van der Waals surface area contributed by atoms with E-state index in [1.807, 2.05) is 0 Å². The minimum absolute atomic E-state index is 0.543. The van der Waals surface area contributed by atoms with Crippen LogP contribution in [0.3, 0.4) is 0 Å². The quantitative estimate of drug-likeness (QED) is 0.0802. The smallest absolute Gasteiger partial charge is 0.159 e. The number of benzene rings is 10. The van der Waals surface area contributed by atoms with Gasteiger partial charge in [-0.05, 0) is 167 Å². The van der Waals surface area contributed by atoms with Crippen LogP contribution >= 0.6 is 0 Å². The molecular weight excluding hydrogens is 1030 g/mol. The minimum Gasteiger partial charge on any atom is -0.454 e. The van der Waals surface area contributed by atoms with Crippen LogP contribution in [0.1, 0.15) is 207 Å². The molecule has 0 aliphatic heterocycles. The van der Waals surface area contributed by atoms with E-state index >= 15 is 0 Å². The fourth-order valence-corrected chi connectivity index (χ4v) is 16.4. The van der Waals surface area contributed by atoms with Crippen LogP contribution < -0.4 is 9.80 Å². The first kappa shape index (κ1) is 54.1. The first-order valence-corrected chi connectivity index (χ1v) is 33.5. The molecule has 2 heterocycles. The molecule has 4 fully saturated rings. The largest absolute Gasteiger partial charge is 0.454 e. The zero-order valence-electron chi connectivity index (χ0n) is 50.4. The summed E-state index contributed by atoms with van der Waals surface area (Å²) in [6.07, 6.45) is 30.2. The second kappa shape index (κ2) is 23.7. The lowest BCUT2D eigenvalue weighted by atomic mass is 9.84. The van der Waals surface area contributed by atoms with Crippen molar-refractivity contribution in [2.45, 2.75) is 185 Å². The maximum Gasteiger partial charge on any atom is 0.159 e. The van der Waals surface area contributed by atoms with E-state index < -0.39 is 0 Å². The second-order valence-corrected chi connectivity index (χ2v) is 26.1. The molecule has 4 heteroatoms. The number of nitrogens with zero attached hydrogens (tertiary/aromatic N) is 2. The fourth-order valence-electron chi connectivity index (χ4n) is 16.4. The van der Waals surface area contributed by atoms with Crippen LogP contribution in [0.2, 0.25) is 0 Å². The molecule has 0 unspecified atom stereocenters. The lowest BCUT2D eigenvalue weighted by molar-refractivity contribution is 0.443. The van der Waals surface area contributed by atoms with Gasteiger partial charge in [0.15, 0.2) is 11.2 Å². The molecule has 0 N–H and O–H groups in total. The molecule has 4 aliphatic carbocycles. The van der Waals surface area contributed by atoms with Gasteiger partial charge in [0.25, 0.3) is 0 Å². The van der Waals surface area contributed by atoms with E-state index in [4.69, 9.17) is 8.83 Å². The number of anilines is 6. The van der Waals surface area contributed by atoms with E-state index in [9.17, 15) is 0 Å². The van der Waals surface area contributed by atoms with Crippen molar-refractivity contribution in [1.82, 2.24) is 0 Å². The van der Waals surface area contributed by atoms with Crippen LogP contribution in [0.15, 0.2) is 179 Å². The number of para-hydroxylation sites is 4. The molecule has 0 atom stereocenters. The standard InChI is InChI=1S/C74H68N2O2.C7H16/c1-3-15-47(16-4-1)49-31-39-55(40-32-49)75(67-29-13-27-61-59-25-11-23-57(51-19-7-8-20-51)71(59)77-73(61)67)65-45-37-53-36-44-64-66(46-38-54-35-43-63(65)69(53)70(54)64)76(56-41-33-50(34-42-56)48-17-5-2-6-18-48)68-30-14-28-62-60-26-12-24-58(52-21-9-10-22-52)72(60)78-74(62)68;1-3-5-7-6-4-2/h11-14,23-48,51-52H,1-10,15-22H2;3-7H2,1-2H3. The van der Waals surface area contributed by atoms with Gasteiger partial charge in [-0.3, -0.25) is 0 Å². The highest BCUT2D eigenvalue weighted by atomic mass is 16.3. The van der Waals surface area contributed by atoms with E-state index in [1.165, 1.54) is 224 Å². The van der Waals surface area contributed by atoms with Gasteiger partial charge >= 0.3 is 0 Å². The summed E-state index contributed by atoms with van der Waals surface area (Å²) in [6.45, 7) is 4.49. The predicted molar refractivity (Wildman–Crippen MR) is 363 cm³/mol. The summed E-state index contributed by atoms with van der Waals surface area (Å²) in [7, 11) is 0. The Morgan fingerprint density at radius 3 is 1.06 bits per heavy atom. The SMILES string of the molecule is CCCCCCC.c1cc(C2CCCC2)c2oc3c(N(c4ccc(C5CCCCC5)cc4)c4ccc5ccc6c(N(c7ccc(C8CCCCC8)cc7)c7cccc8c7oc7c(C9CCCC9)cccc78)ccc7ccc4c5c76)cccc3c2c1. The Morgan fingerprint density at radius 1 is 0.306 bits per heavy atom. The molecule has 0 saturated heterocycles. The van der Waals surface area contributed by atoms with E-state index in [0.29, 0.717) is 23.7 Å². The van der Waals surface area contributed by atoms with Crippen LogP contribution in [0.25, 0.3) is 76.2 Å². The summed E-state index contributed by atoms with van der Waals surface area (Å²) in [5.41, 5.74) is 16.4. The van der Waals surface area contributed by atoms with Gasteiger partial charge in [-0.15, -0.1) is 0 Å². The average Bonchev–Trinajstić information content (AvgIpc) is 1.85. The normalized spacial score (nSPS) is 16.7. The predicted octanol–water partition coefficient (Wildman–Crippen LogP) is 25.7. The molecule has 0 bridgehead atoms. The van der Waals surface area contributed by atoms with E-state index in [-0.39, 0.29) is 0 Å². The van der Waals surface area contributed by atoms with Crippen molar-refractivity contribution < 1.29 is 8.83 Å². The minimum atomic E-state index is 0.543. The molecular formula is C81H84N2O2. The lowest BCUT2D eigenvalue weighted by Crippen LogP contribution is -2.12. The Hall–Kier alpha value is -7.56. The van der Waals surface area contributed by atoms with Crippen molar-refractivity contribution in [1.29, 1.82) is 0 Å². The van der Waals surface area contributed by atoms with Gasteiger partial charge in [0, 0.05) is 43.7 Å². The van der Waals surface area contributed by atoms with Crippen LogP contribution in [0.5, 0.6) is 0 Å². The highest BCUT2D eigenvalue weighted by Crippen LogP contribution is 2.52. The third-order valence-corrected chi connectivity index (χ3v) is 20.9. The number of rotatable bonds is 14. The number of fused-ring (bicyclic) bond motifs is 6. The Morgan fingerprint density at radius 2 is 0.659 bits per heavy atom. The van der Waals surface area contributed by atoms with E-state index in [2.05, 4.69) is 194 Å². The summed E-state index contributed by atoms with van der Waals surface area (Å²) in [5.74, 6) is 2.34. The van der Waals surface area contributed by atoms with Crippen LogP contribution in [-0.4, -0.2) is 0 Å². The molecule has 2 aromatic heterocycles. The van der Waals surface area contributed by atoms with Gasteiger partial charge in [-0.1, -0.05) is 231 Å². The molecule has 0 radical (unpaired) electrons. The Kier molecular flexibility index (Phi) is 15.1. The summed E-state index contributed by atoms with van der Waals surface area (Å²) < 4.78 is 14.6. The molecule has 0 amide bonds. The molecule has 16 rings (SSSR count). The molecule has 4 saturated carbocycles. The second-order valence-electron chi connectivity index (χ2n) is 26.1. The molecule has 85 heavy (non-hydrogen) atoms. The van der Waals surface area contributed by atoms with Crippen LogP contribution in [0.4, 0.5) is 34.1 Å². The molecule has 12 aromatic rings. The van der Waals surface area contributed by atoms with Crippen molar-refractivity contribution in [3.05, 3.63) is 192 Å². The zero-order chi connectivity index (χ0) is 56.8. The van der Waals surface area contributed by atoms with Gasteiger partial charge in [0.1, 0.15) is 11.2 Å². The lowest BCUT2D eigenvalue weighted by Gasteiger charge is -2.30. The Bertz CT molecular complexity index is 4010. The number of hydrogen-bond acceptors (Lipinski definition) is 4. The van der Waals surface area contributed by atoms with Gasteiger partial charge in [-0.2, -0.15) is 0 Å². The van der Waals surface area contributed by atoms with Gasteiger partial charge in [0.2, 0.25) is 0 Å². The maximum atomic E-state index is 7.29. The molecule has 4 nitrogen and oxygen atoms in total. The van der Waals surface area contributed by atoms with Crippen molar-refractivity contribution in [2.24, 2.45) is 0 Å². The third kappa shape index (κ3) is 9.94. The Labute approximate surface area is 503 Å². The summed E-state index contributed by atoms with van der Waals surface area (Å²) in [6, 6.07) is 65.5. The molecule has 430 valence electrons. The maximum absolute atomic E-state index is 7.29. The Balaban J connectivity index is 0.000000827. The summed E-state index contributed by atoms with van der Waals surface area (Å²) in [5, 5.41) is 12.3. The van der Waals surface area contributed by atoms with Gasteiger partial charge in [-0.25, -0.2) is 0 Å². The first-order valence-electron chi connectivity index (χ1n) is 33.5. The van der Waals surface area contributed by atoms with E-state index in [1.54, 1.807) is 0 Å². The van der Waals surface area contributed by atoms with Gasteiger partial charge in [0.05, 0.1) is 22.7 Å². The number of furan rings is 2. The zero-order valence-corrected chi connectivity index (χ0v) is 50.4. The molecule has 0 spiro atoms. The summed E-state index contributed by atoms with van der Waals surface area (Å²) in [4.78, 5) is 5.03. The highest BCUT2D eigenvalue weighted by Gasteiger charge is 2.30. The van der Waals surface area contributed by atoms with Crippen LogP contribution in [-0.2, 0) is 0 Å². The van der Waals surface area contributed by atoms with Crippen LogP contribution in [0, 0.1) is 0 Å². The fraction of sp³-hybridized carbons (Fsp3) is 0.358. The first-order chi connectivity index (χ1) is 42.1. The summed E-state index contributed by atoms with van der Waals surface area (Å²) >= 11 is 0. The highest BCUT2D eigenvalue weighted by molar-refractivity contribution is 6.29. The number of hydrogen-bond donors (Lipinski definition) is 0. The van der Waals surface area contributed by atoms with Gasteiger partial charge < -0.3 is 18.6 Å². The average molecular weight is 1120 g/mol. The third-order valence-electron chi connectivity index (χ3n) is 20.9. The van der Waals surface area contributed by atoms with Crippen molar-refractivity contribution in [2.75, 3.05) is 9.80 Å². The van der Waals surface area contributed by atoms with Crippen molar-refractivity contribution in [3.8, 4) is 0 Å². The molecule has 10 aromatic carbocycles. The monoisotopic (exact) mass is 1120 g/mol.